The smallest absolute Gasteiger partial charge is 0.406 e. The molecule has 1 heterocycles. The fourth-order valence-electron chi connectivity index (χ4n) is 4.41. The zero-order valence-electron chi connectivity index (χ0n) is 17.3. The van der Waals surface area contributed by atoms with Crippen LogP contribution in [-0.4, -0.2) is 31.8 Å². The van der Waals surface area contributed by atoms with Crippen molar-refractivity contribution >= 4 is 0 Å². The number of hydrogen-bond acceptors (Lipinski definition) is 3. The van der Waals surface area contributed by atoms with E-state index in [0.29, 0.717) is 30.6 Å². The Balaban J connectivity index is 1.44. The first-order valence-corrected chi connectivity index (χ1v) is 10.6. The lowest BCUT2D eigenvalue weighted by Crippen LogP contribution is -2.41. The largest absolute Gasteiger partial charge is 0.573 e. The third-order valence-corrected chi connectivity index (χ3v) is 6.11. The Labute approximate surface area is 176 Å². The highest BCUT2D eigenvalue weighted by Crippen LogP contribution is 2.38. The molecule has 0 radical (unpaired) electrons. The zero-order valence-corrected chi connectivity index (χ0v) is 17.3. The first-order valence-electron chi connectivity index (χ1n) is 10.6. The second kappa shape index (κ2) is 10.4. The molecule has 1 saturated heterocycles. The van der Waals surface area contributed by atoms with E-state index >= 15 is 0 Å². The maximum Gasteiger partial charge on any atom is 0.573 e. The molecule has 3 nitrogen and oxygen atoms in total. The predicted molar refractivity (Wildman–Crippen MR) is 109 cm³/mol. The molecule has 2 aliphatic rings. The Hall–Kier alpha value is -1.97. The van der Waals surface area contributed by atoms with E-state index in [9.17, 15) is 13.2 Å². The average Bonchev–Trinajstić information content (AvgIpc) is 2.74. The van der Waals surface area contributed by atoms with Crippen molar-refractivity contribution in [2.45, 2.75) is 57.6 Å². The van der Waals surface area contributed by atoms with Gasteiger partial charge in [-0.15, -0.1) is 19.8 Å². The molecule has 2 fully saturated rings. The van der Waals surface area contributed by atoms with Crippen LogP contribution in [0, 0.1) is 29.6 Å². The van der Waals surface area contributed by atoms with Crippen molar-refractivity contribution in [3.8, 4) is 17.6 Å². The van der Waals surface area contributed by atoms with E-state index in [-0.39, 0.29) is 18.0 Å². The van der Waals surface area contributed by atoms with E-state index in [4.69, 9.17) is 9.47 Å². The molecule has 1 aliphatic carbocycles. The molecule has 164 valence electrons. The van der Waals surface area contributed by atoms with Crippen molar-refractivity contribution in [3.63, 3.8) is 0 Å². The molecule has 6 heteroatoms. The molecule has 1 aromatic carbocycles. The summed E-state index contributed by atoms with van der Waals surface area (Å²) in [4.78, 5) is 0. The van der Waals surface area contributed by atoms with Crippen LogP contribution in [0.3, 0.4) is 0 Å². The van der Waals surface area contributed by atoms with Gasteiger partial charge >= 0.3 is 6.36 Å². The molecule has 0 N–H and O–H groups in total. The van der Waals surface area contributed by atoms with Crippen LogP contribution >= 0.6 is 0 Å². The molecule has 1 saturated carbocycles. The number of ether oxygens (including phenoxy) is 3. The third kappa shape index (κ3) is 6.52. The van der Waals surface area contributed by atoms with Crippen LogP contribution in [0.15, 0.2) is 36.9 Å². The maximum atomic E-state index is 12.2. The molecule has 0 bridgehead atoms. The first kappa shape index (κ1) is 22.7. The van der Waals surface area contributed by atoms with Gasteiger partial charge in [-0.05, 0) is 74.1 Å². The van der Waals surface area contributed by atoms with E-state index in [1.54, 1.807) is 0 Å². The fraction of sp³-hybridized carbons (Fsp3) is 0.583. The highest BCUT2D eigenvalue weighted by Gasteiger charge is 2.33. The van der Waals surface area contributed by atoms with Gasteiger partial charge in [0.15, 0.2) is 0 Å². The van der Waals surface area contributed by atoms with E-state index in [1.807, 2.05) is 0 Å². The number of alkyl halides is 3. The van der Waals surface area contributed by atoms with Crippen molar-refractivity contribution in [1.82, 2.24) is 0 Å². The molecule has 1 aliphatic heterocycles. The quantitative estimate of drug-likeness (QED) is 0.447. The Bertz CT molecular complexity index is 732. The van der Waals surface area contributed by atoms with Crippen LogP contribution in [0.5, 0.6) is 5.75 Å². The zero-order chi connectivity index (χ0) is 21.6. The summed E-state index contributed by atoms with van der Waals surface area (Å²) in [6.45, 7) is 7.14. The molecule has 3 rings (SSSR count). The van der Waals surface area contributed by atoms with Crippen molar-refractivity contribution in [1.29, 1.82) is 0 Å². The van der Waals surface area contributed by atoms with Crippen LogP contribution in [0.1, 0.15) is 44.6 Å². The molecule has 30 heavy (non-hydrogen) atoms. The Morgan fingerprint density at radius 1 is 1.13 bits per heavy atom. The molecule has 0 aromatic heterocycles. The SMILES string of the molecule is C=CC(CC)C1CCC(C2COC(C#Cc3ccc(OC(F)(F)F)cc3)CO2)CC1. The monoisotopic (exact) mass is 422 g/mol. The van der Waals surface area contributed by atoms with Crippen LogP contribution in [0.2, 0.25) is 0 Å². The van der Waals surface area contributed by atoms with Gasteiger partial charge in [0, 0.05) is 5.56 Å². The molecule has 0 spiro atoms. The summed E-state index contributed by atoms with van der Waals surface area (Å²) < 4.78 is 52.4. The van der Waals surface area contributed by atoms with E-state index in [0.717, 1.165) is 25.2 Å². The maximum absolute atomic E-state index is 12.2. The minimum atomic E-state index is -4.69. The molecular weight excluding hydrogens is 393 g/mol. The second-order valence-corrected chi connectivity index (χ2v) is 8.02. The van der Waals surface area contributed by atoms with Crippen LogP contribution in [0.4, 0.5) is 13.2 Å². The van der Waals surface area contributed by atoms with E-state index in [2.05, 4.69) is 36.2 Å². The van der Waals surface area contributed by atoms with E-state index < -0.39 is 6.36 Å². The van der Waals surface area contributed by atoms with Crippen molar-refractivity contribution in [2.24, 2.45) is 17.8 Å². The molecule has 0 amide bonds. The lowest BCUT2D eigenvalue weighted by molar-refractivity contribution is -0.274. The number of rotatable bonds is 5. The number of halogens is 3. The summed E-state index contributed by atoms with van der Waals surface area (Å²) in [5.74, 6) is 7.54. The fourth-order valence-corrected chi connectivity index (χ4v) is 4.41. The number of benzene rings is 1. The van der Waals surface area contributed by atoms with Gasteiger partial charge in [0.2, 0.25) is 0 Å². The third-order valence-electron chi connectivity index (χ3n) is 6.11. The normalized spacial score (nSPS) is 28.1. The summed E-state index contributed by atoms with van der Waals surface area (Å²) in [6.07, 6.45) is 3.10. The van der Waals surface area contributed by atoms with Gasteiger partial charge in [-0.1, -0.05) is 24.8 Å². The lowest BCUT2D eigenvalue weighted by Gasteiger charge is -2.38. The van der Waals surface area contributed by atoms with Gasteiger partial charge in [-0.25, -0.2) is 0 Å². The van der Waals surface area contributed by atoms with Gasteiger partial charge in [0.25, 0.3) is 0 Å². The summed E-state index contributed by atoms with van der Waals surface area (Å²) >= 11 is 0. The molecule has 3 atom stereocenters. The average molecular weight is 422 g/mol. The summed E-state index contributed by atoms with van der Waals surface area (Å²) in [5, 5.41) is 0. The highest BCUT2D eigenvalue weighted by molar-refractivity contribution is 5.38. The molecule has 1 aromatic rings. The molecule has 3 unspecified atom stereocenters. The van der Waals surface area contributed by atoms with Crippen molar-refractivity contribution in [3.05, 3.63) is 42.5 Å². The summed E-state index contributed by atoms with van der Waals surface area (Å²) in [6, 6.07) is 5.48. The van der Waals surface area contributed by atoms with Gasteiger partial charge in [0.1, 0.15) is 11.9 Å². The van der Waals surface area contributed by atoms with Gasteiger partial charge in [0.05, 0.1) is 19.3 Å². The Morgan fingerprint density at radius 2 is 1.83 bits per heavy atom. The van der Waals surface area contributed by atoms with Crippen molar-refractivity contribution < 1.29 is 27.4 Å². The second-order valence-electron chi connectivity index (χ2n) is 8.02. The van der Waals surface area contributed by atoms with Gasteiger partial charge in [-0.2, -0.15) is 0 Å². The van der Waals surface area contributed by atoms with Crippen LogP contribution in [-0.2, 0) is 9.47 Å². The number of hydrogen-bond donors (Lipinski definition) is 0. The highest BCUT2D eigenvalue weighted by atomic mass is 19.4. The van der Waals surface area contributed by atoms with Crippen molar-refractivity contribution in [2.75, 3.05) is 13.2 Å². The minimum absolute atomic E-state index is 0.117. The van der Waals surface area contributed by atoms with Crippen LogP contribution < -0.4 is 4.74 Å². The minimum Gasteiger partial charge on any atom is -0.406 e. The predicted octanol–water partition coefficient (Wildman–Crippen LogP) is 5.74. The molecular formula is C24H29F3O3. The first-order chi connectivity index (χ1) is 14.4. The Kier molecular flexibility index (Phi) is 7.85. The topological polar surface area (TPSA) is 27.7 Å². The number of allylic oxidation sites excluding steroid dienone is 1. The van der Waals surface area contributed by atoms with Gasteiger partial charge in [-0.3, -0.25) is 0 Å². The summed E-state index contributed by atoms with van der Waals surface area (Å²) in [5.41, 5.74) is 0.598. The van der Waals surface area contributed by atoms with Gasteiger partial charge < -0.3 is 14.2 Å². The Morgan fingerprint density at radius 3 is 2.37 bits per heavy atom. The standard InChI is InChI=1S/C24H29F3O3/c1-3-18(4-2)19-8-10-20(11-9-19)23-16-28-22(15-29-23)14-7-17-5-12-21(13-6-17)30-24(25,26)27/h3,5-6,12-13,18-20,22-23H,1,4,8-11,15-16H2,2H3. The summed E-state index contributed by atoms with van der Waals surface area (Å²) in [7, 11) is 0. The van der Waals surface area contributed by atoms with E-state index in [1.165, 1.54) is 37.1 Å². The lowest BCUT2D eigenvalue weighted by atomic mass is 9.73. The van der Waals surface area contributed by atoms with Crippen LogP contribution in [0.25, 0.3) is 0 Å².